The van der Waals surface area contributed by atoms with E-state index in [9.17, 15) is 0 Å². The van der Waals surface area contributed by atoms with E-state index in [1.54, 1.807) is 0 Å². The summed E-state index contributed by atoms with van der Waals surface area (Å²) in [4.78, 5) is 24.8. The van der Waals surface area contributed by atoms with Crippen molar-refractivity contribution in [1.82, 2.24) is 0 Å². The molecular weight excluding hydrogens is 423 g/mol. The van der Waals surface area contributed by atoms with Gasteiger partial charge in [-0.15, -0.1) is 0 Å². The first kappa shape index (κ1) is 56.4. The fourth-order valence-corrected chi connectivity index (χ4v) is 0. The van der Waals surface area contributed by atoms with Crippen LogP contribution >= 0.6 is 0 Å². The maximum Gasteiger partial charge on any atom is 3.00 e. The Balaban J connectivity index is -0.0000000104. The van der Waals surface area contributed by atoms with Gasteiger partial charge in [-0.1, -0.05) is 0 Å². The molecule has 17 heteroatoms. The van der Waals surface area contributed by atoms with Gasteiger partial charge in [0, 0.05) is 0 Å². The van der Waals surface area contributed by atoms with Gasteiger partial charge in [0.2, 0.25) is 0 Å². The van der Waals surface area contributed by atoms with Crippen LogP contribution < -0.4 is 0 Å². The third kappa shape index (κ3) is 2320. The van der Waals surface area contributed by atoms with E-state index < -0.39 is 15.3 Å². The molecule has 8 N–H and O–H groups in total. The molecule has 16 nitrogen and oxygen atoms in total. The Kier molecular flexibility index (Phi) is 153. The molecule has 0 aromatic carbocycles. The molecule has 0 aromatic heterocycles. The second-order valence-electron chi connectivity index (χ2n) is 0.671. The average molecular weight is 431 g/mol. The zero-order chi connectivity index (χ0) is 10.7. The molecular formula is H8N3O13Yb. The molecule has 115 valence electrons. The zero-order valence-electron chi connectivity index (χ0n) is 7.28. The Morgan fingerprint density at radius 2 is 0.471 bits per heavy atom. The van der Waals surface area contributed by atoms with E-state index in [-0.39, 0.29) is 68.8 Å². The van der Waals surface area contributed by atoms with Crippen molar-refractivity contribution in [2.24, 2.45) is 0 Å². The normalized spacial score (nSPS) is 4.24. The minimum absolute atomic E-state index is 0. The molecule has 0 heterocycles. The van der Waals surface area contributed by atoms with E-state index >= 15 is 0 Å². The molecule has 0 unspecified atom stereocenters. The van der Waals surface area contributed by atoms with Gasteiger partial charge in [-0.2, -0.15) is 0 Å². The van der Waals surface area contributed by atoms with Gasteiger partial charge < -0.3 is 67.9 Å². The van der Waals surface area contributed by atoms with Gasteiger partial charge in [0.25, 0.3) is 0 Å². The summed E-state index contributed by atoms with van der Waals surface area (Å²) < 4.78 is 0. The van der Waals surface area contributed by atoms with Crippen molar-refractivity contribution in [3.05, 3.63) is 46.0 Å². The van der Waals surface area contributed by atoms with Crippen molar-refractivity contribution in [3.63, 3.8) is 0 Å². The van der Waals surface area contributed by atoms with Gasteiger partial charge >= 0.3 is 46.9 Å². The molecule has 0 aliphatic rings. The molecule has 1 radical (unpaired) electrons. The fourth-order valence-electron chi connectivity index (χ4n) is 0. The Morgan fingerprint density at radius 3 is 0.471 bits per heavy atom. The molecule has 0 saturated carbocycles. The topological polar surface area (TPSA) is 325 Å². The van der Waals surface area contributed by atoms with Crippen molar-refractivity contribution >= 4 is 0 Å². The minimum Gasteiger partial charge on any atom is -0.412 e. The van der Waals surface area contributed by atoms with Crippen LogP contribution in [0.3, 0.4) is 0 Å². The van der Waals surface area contributed by atoms with Crippen molar-refractivity contribution in [3.8, 4) is 0 Å². The standard InChI is InChI=1S/3NO3.4H2O.Yb/c3*2-1(3)4;;;;;/h;;;4*1H2;/q3*-1;;;;;+3. The van der Waals surface area contributed by atoms with Gasteiger partial charge in [0.15, 0.2) is 0 Å². The van der Waals surface area contributed by atoms with Crippen LogP contribution in [0, 0.1) is 92.9 Å². The smallest absolute Gasteiger partial charge is 0.412 e. The first-order valence-corrected chi connectivity index (χ1v) is 1.64. The molecule has 0 aliphatic carbocycles. The summed E-state index contributed by atoms with van der Waals surface area (Å²) in [5.41, 5.74) is 0. The fraction of sp³-hybridized carbons (Fsp3) is 0. The van der Waals surface area contributed by atoms with Gasteiger partial charge in [-0.05, 0) is 0 Å². The Labute approximate surface area is 129 Å². The van der Waals surface area contributed by atoms with E-state index in [1.807, 2.05) is 0 Å². The minimum atomic E-state index is -1.75. The van der Waals surface area contributed by atoms with E-state index in [1.165, 1.54) is 0 Å². The SMILES string of the molecule is O.O.O.O.O=[N+]([O-])[O-].O=[N+]([O-])[O-].O=[N+]([O-])[O-].[Yb+3]. The van der Waals surface area contributed by atoms with Crippen LogP contribution in [0.2, 0.25) is 0 Å². The van der Waals surface area contributed by atoms with Crippen molar-refractivity contribution in [1.29, 1.82) is 0 Å². The number of hydrogen-bond acceptors (Lipinski definition) is 9. The number of nitrogens with zero attached hydrogens (tertiary/aromatic N) is 3. The zero-order valence-corrected chi connectivity index (χ0v) is 9.00. The Bertz CT molecular complexity index is 114. The average Bonchev–Trinajstić information content (AvgIpc) is 1.54. The quantitative estimate of drug-likeness (QED) is 0.266. The van der Waals surface area contributed by atoms with Crippen LogP contribution in [0.1, 0.15) is 0 Å². The maximum absolute atomic E-state index is 8.25. The molecule has 0 saturated heterocycles. The Morgan fingerprint density at radius 1 is 0.471 bits per heavy atom. The summed E-state index contributed by atoms with van der Waals surface area (Å²) in [5, 5.41) is 44.2. The molecule has 0 fully saturated rings. The van der Waals surface area contributed by atoms with E-state index in [4.69, 9.17) is 46.0 Å². The summed E-state index contributed by atoms with van der Waals surface area (Å²) in [5.74, 6) is 0. The van der Waals surface area contributed by atoms with E-state index in [0.717, 1.165) is 0 Å². The molecule has 0 aliphatic heterocycles. The first-order valence-electron chi connectivity index (χ1n) is 1.64. The number of rotatable bonds is 0. The summed E-state index contributed by atoms with van der Waals surface area (Å²) in [6.07, 6.45) is 0. The van der Waals surface area contributed by atoms with E-state index in [2.05, 4.69) is 0 Å². The van der Waals surface area contributed by atoms with Gasteiger partial charge in [-0.3, -0.25) is 0 Å². The molecule has 0 spiro atoms. The molecule has 0 amide bonds. The summed E-state index contributed by atoms with van der Waals surface area (Å²) in [6.45, 7) is 0. The van der Waals surface area contributed by atoms with Crippen LogP contribution in [-0.4, -0.2) is 37.2 Å². The van der Waals surface area contributed by atoms with Gasteiger partial charge in [-0.25, -0.2) is 0 Å². The van der Waals surface area contributed by atoms with Gasteiger partial charge in [0.05, 0.1) is 15.3 Å². The van der Waals surface area contributed by atoms with Crippen LogP contribution in [0.5, 0.6) is 0 Å². The molecule has 0 atom stereocenters. The van der Waals surface area contributed by atoms with Crippen LogP contribution in [0.25, 0.3) is 0 Å². The summed E-state index contributed by atoms with van der Waals surface area (Å²) >= 11 is 0. The molecule has 0 rings (SSSR count). The summed E-state index contributed by atoms with van der Waals surface area (Å²) in [6, 6.07) is 0. The third-order valence-electron chi connectivity index (χ3n) is 0. The third-order valence-corrected chi connectivity index (χ3v) is 0. The number of hydrogen-bond donors (Lipinski definition) is 0. The Hall–Kier alpha value is -1.04. The maximum atomic E-state index is 8.25. The molecule has 17 heavy (non-hydrogen) atoms. The van der Waals surface area contributed by atoms with Crippen molar-refractivity contribution in [2.45, 2.75) is 0 Å². The van der Waals surface area contributed by atoms with Crippen LogP contribution in [0.15, 0.2) is 0 Å². The van der Waals surface area contributed by atoms with Crippen LogP contribution in [-0.2, 0) is 0 Å². The first-order chi connectivity index (χ1) is 5.20. The van der Waals surface area contributed by atoms with Crippen molar-refractivity contribution in [2.75, 3.05) is 0 Å². The second kappa shape index (κ2) is 46.0. The molecule has 0 aromatic rings. The predicted molar refractivity (Wildman–Crippen MR) is 45.5 cm³/mol. The van der Waals surface area contributed by atoms with E-state index in [0.29, 0.717) is 0 Å². The second-order valence-corrected chi connectivity index (χ2v) is 0.671. The summed E-state index contributed by atoms with van der Waals surface area (Å²) in [7, 11) is 0. The monoisotopic (exact) mass is 432 g/mol. The predicted octanol–water partition coefficient (Wildman–Crippen LogP) is -4.02. The largest absolute Gasteiger partial charge is 3.00 e. The molecule has 0 bridgehead atoms. The van der Waals surface area contributed by atoms with Gasteiger partial charge in [0.1, 0.15) is 0 Å². The van der Waals surface area contributed by atoms with Crippen LogP contribution in [0.4, 0.5) is 0 Å². The van der Waals surface area contributed by atoms with Crippen molar-refractivity contribution < 1.29 is 84.1 Å².